The lowest BCUT2D eigenvalue weighted by atomic mass is 9.55. The molecule has 0 aliphatic heterocycles. The number of hydrogen-bond donors (Lipinski definition) is 0. The first-order chi connectivity index (χ1) is 8.55. The van der Waals surface area contributed by atoms with Crippen molar-refractivity contribution in [1.82, 2.24) is 0 Å². The normalized spacial score (nSPS) is 28.4. The summed E-state index contributed by atoms with van der Waals surface area (Å²) in [6, 6.07) is 8.37. The molecule has 1 aromatic rings. The van der Waals surface area contributed by atoms with Crippen LogP contribution < -0.4 is 0 Å². The SMILES string of the molecule is CC1(C)CC=CC(=O)C12C=Cc1ccccc1C2. The Hall–Kier alpha value is -1.63. The van der Waals surface area contributed by atoms with Gasteiger partial charge in [-0.3, -0.25) is 4.79 Å². The summed E-state index contributed by atoms with van der Waals surface area (Å²) in [5.74, 6) is 0.254. The lowest BCUT2D eigenvalue weighted by Gasteiger charge is -2.46. The first-order valence-corrected chi connectivity index (χ1v) is 6.53. The van der Waals surface area contributed by atoms with E-state index in [0.29, 0.717) is 0 Å². The molecule has 0 radical (unpaired) electrons. The summed E-state index contributed by atoms with van der Waals surface area (Å²) in [6.07, 6.45) is 9.84. The highest BCUT2D eigenvalue weighted by molar-refractivity contribution is 5.99. The lowest BCUT2D eigenvalue weighted by molar-refractivity contribution is -0.127. The maximum atomic E-state index is 12.5. The molecule has 3 rings (SSSR count). The summed E-state index contributed by atoms with van der Waals surface area (Å²) >= 11 is 0. The average Bonchev–Trinajstić information content (AvgIpc) is 2.36. The Kier molecular flexibility index (Phi) is 2.34. The molecule has 2 aliphatic rings. The second-order valence-corrected chi connectivity index (χ2v) is 6.03. The van der Waals surface area contributed by atoms with Crippen LogP contribution in [0.15, 0.2) is 42.5 Å². The van der Waals surface area contributed by atoms with Gasteiger partial charge in [0.15, 0.2) is 5.78 Å². The summed E-state index contributed by atoms with van der Waals surface area (Å²) in [6.45, 7) is 4.40. The smallest absolute Gasteiger partial charge is 0.166 e. The number of carbonyl (C=O) groups is 1. The molecule has 0 saturated carbocycles. The van der Waals surface area contributed by atoms with Crippen LogP contribution in [0.25, 0.3) is 6.08 Å². The molecule has 0 bridgehead atoms. The van der Waals surface area contributed by atoms with Crippen LogP contribution in [-0.2, 0) is 11.2 Å². The molecule has 0 saturated heterocycles. The van der Waals surface area contributed by atoms with Gasteiger partial charge in [-0.1, -0.05) is 56.3 Å². The maximum Gasteiger partial charge on any atom is 0.166 e. The number of benzene rings is 1. The summed E-state index contributed by atoms with van der Waals surface area (Å²) in [7, 11) is 0. The molecule has 92 valence electrons. The van der Waals surface area contributed by atoms with Gasteiger partial charge in [0.05, 0.1) is 5.41 Å². The molecular formula is C17H18O. The predicted molar refractivity (Wildman–Crippen MR) is 74.2 cm³/mol. The summed E-state index contributed by atoms with van der Waals surface area (Å²) in [5.41, 5.74) is 2.18. The second-order valence-electron chi connectivity index (χ2n) is 6.03. The van der Waals surface area contributed by atoms with Gasteiger partial charge in [0, 0.05) is 0 Å². The highest BCUT2D eigenvalue weighted by Gasteiger charge is 2.50. The molecule has 1 nitrogen and oxygen atoms in total. The molecule has 1 heteroatoms. The van der Waals surface area contributed by atoms with E-state index in [9.17, 15) is 4.79 Å². The minimum atomic E-state index is -0.351. The van der Waals surface area contributed by atoms with Crippen molar-refractivity contribution in [2.75, 3.05) is 0 Å². The van der Waals surface area contributed by atoms with Gasteiger partial charge >= 0.3 is 0 Å². The summed E-state index contributed by atoms with van der Waals surface area (Å²) in [5, 5.41) is 0. The zero-order valence-corrected chi connectivity index (χ0v) is 10.9. The van der Waals surface area contributed by atoms with Crippen LogP contribution >= 0.6 is 0 Å². The van der Waals surface area contributed by atoms with Crippen LogP contribution in [0.1, 0.15) is 31.4 Å². The topological polar surface area (TPSA) is 17.1 Å². The minimum absolute atomic E-state index is 0.0110. The maximum absolute atomic E-state index is 12.5. The standard InChI is InChI=1S/C17H18O/c1-16(2)10-5-8-15(18)17(16)11-9-13-6-3-4-7-14(13)12-17/h3-9,11H,10,12H2,1-2H3. The fourth-order valence-electron chi connectivity index (χ4n) is 3.21. The number of rotatable bonds is 0. The number of fused-ring (bicyclic) bond motifs is 1. The quantitative estimate of drug-likeness (QED) is 0.672. The highest BCUT2D eigenvalue weighted by Crippen LogP contribution is 2.51. The zero-order valence-electron chi connectivity index (χ0n) is 10.9. The Bertz CT molecular complexity index is 563. The van der Waals surface area contributed by atoms with Crippen molar-refractivity contribution in [1.29, 1.82) is 0 Å². The summed E-state index contributed by atoms with van der Waals surface area (Å²) < 4.78 is 0. The lowest BCUT2D eigenvalue weighted by Crippen LogP contribution is -2.46. The third kappa shape index (κ3) is 1.43. The average molecular weight is 238 g/mol. The number of allylic oxidation sites excluding steroid dienone is 3. The van der Waals surface area contributed by atoms with Crippen LogP contribution in [0.2, 0.25) is 0 Å². The second kappa shape index (κ2) is 3.68. The fraction of sp³-hybridized carbons (Fsp3) is 0.353. The van der Waals surface area contributed by atoms with E-state index in [4.69, 9.17) is 0 Å². The van der Waals surface area contributed by atoms with Gasteiger partial charge in [0.25, 0.3) is 0 Å². The van der Waals surface area contributed by atoms with E-state index in [1.165, 1.54) is 11.1 Å². The predicted octanol–water partition coefficient (Wildman–Crippen LogP) is 3.80. The Labute approximate surface area is 108 Å². The van der Waals surface area contributed by atoms with E-state index in [0.717, 1.165) is 12.8 Å². The molecule has 1 unspecified atom stereocenters. The molecule has 1 atom stereocenters. The molecule has 0 N–H and O–H groups in total. The molecule has 1 spiro atoms. The zero-order chi connectivity index (χ0) is 12.8. The van der Waals surface area contributed by atoms with Gasteiger partial charge in [-0.05, 0) is 35.5 Å². The molecule has 0 amide bonds. The third-order valence-electron chi connectivity index (χ3n) is 4.62. The van der Waals surface area contributed by atoms with Gasteiger partial charge in [-0.15, -0.1) is 0 Å². The van der Waals surface area contributed by atoms with Crippen molar-refractivity contribution in [3.63, 3.8) is 0 Å². The van der Waals surface area contributed by atoms with Crippen molar-refractivity contribution in [2.45, 2.75) is 26.7 Å². The van der Waals surface area contributed by atoms with Crippen LogP contribution in [0.3, 0.4) is 0 Å². The largest absolute Gasteiger partial charge is 0.294 e. The molecular weight excluding hydrogens is 220 g/mol. The van der Waals surface area contributed by atoms with Crippen molar-refractivity contribution >= 4 is 11.9 Å². The molecule has 1 aromatic carbocycles. The van der Waals surface area contributed by atoms with Crippen molar-refractivity contribution in [2.24, 2.45) is 10.8 Å². The Morgan fingerprint density at radius 3 is 2.67 bits per heavy atom. The van der Waals surface area contributed by atoms with Gasteiger partial charge in [0.2, 0.25) is 0 Å². The van der Waals surface area contributed by atoms with E-state index in [-0.39, 0.29) is 16.6 Å². The van der Waals surface area contributed by atoms with Gasteiger partial charge < -0.3 is 0 Å². The summed E-state index contributed by atoms with van der Waals surface area (Å²) in [4.78, 5) is 12.5. The first kappa shape index (κ1) is 11.5. The minimum Gasteiger partial charge on any atom is -0.294 e. The molecule has 18 heavy (non-hydrogen) atoms. The van der Waals surface area contributed by atoms with Crippen molar-refractivity contribution in [3.8, 4) is 0 Å². The van der Waals surface area contributed by atoms with E-state index in [2.05, 4.69) is 50.3 Å². The van der Waals surface area contributed by atoms with Gasteiger partial charge in [0.1, 0.15) is 0 Å². The van der Waals surface area contributed by atoms with Crippen molar-refractivity contribution < 1.29 is 4.79 Å². The number of carbonyl (C=O) groups excluding carboxylic acids is 1. The van der Waals surface area contributed by atoms with Crippen LogP contribution in [0, 0.1) is 10.8 Å². The van der Waals surface area contributed by atoms with Crippen molar-refractivity contribution in [3.05, 3.63) is 53.6 Å². The van der Waals surface area contributed by atoms with E-state index >= 15 is 0 Å². The van der Waals surface area contributed by atoms with Gasteiger partial charge in [-0.25, -0.2) is 0 Å². The molecule has 0 heterocycles. The van der Waals surface area contributed by atoms with Crippen LogP contribution in [0.4, 0.5) is 0 Å². The number of ketones is 1. The molecule has 0 aromatic heterocycles. The van der Waals surface area contributed by atoms with E-state index < -0.39 is 0 Å². The highest BCUT2D eigenvalue weighted by atomic mass is 16.1. The van der Waals surface area contributed by atoms with Crippen LogP contribution in [0.5, 0.6) is 0 Å². The monoisotopic (exact) mass is 238 g/mol. The Morgan fingerprint density at radius 2 is 1.89 bits per heavy atom. The first-order valence-electron chi connectivity index (χ1n) is 6.53. The number of hydrogen-bond acceptors (Lipinski definition) is 1. The third-order valence-corrected chi connectivity index (χ3v) is 4.62. The van der Waals surface area contributed by atoms with E-state index in [1.807, 2.05) is 6.08 Å². The van der Waals surface area contributed by atoms with E-state index in [1.54, 1.807) is 6.08 Å². The van der Waals surface area contributed by atoms with Crippen LogP contribution in [-0.4, -0.2) is 5.78 Å². The molecule has 0 fully saturated rings. The molecule has 2 aliphatic carbocycles. The Balaban J connectivity index is 2.14. The van der Waals surface area contributed by atoms with Gasteiger partial charge in [-0.2, -0.15) is 0 Å². The Morgan fingerprint density at radius 1 is 1.11 bits per heavy atom. The fourth-order valence-corrected chi connectivity index (χ4v) is 3.21.